The van der Waals surface area contributed by atoms with Crippen LogP contribution in [0.4, 0.5) is 0 Å². The van der Waals surface area contributed by atoms with E-state index in [1.807, 2.05) is 0 Å². The van der Waals surface area contributed by atoms with Crippen molar-refractivity contribution in [3.05, 3.63) is 23.7 Å². The Morgan fingerprint density at radius 2 is 2.35 bits per heavy atom. The van der Waals surface area contributed by atoms with Gasteiger partial charge in [0.15, 0.2) is 0 Å². The molecule has 1 saturated heterocycles. The van der Waals surface area contributed by atoms with Crippen LogP contribution in [0.25, 0.3) is 0 Å². The fourth-order valence-corrected chi connectivity index (χ4v) is 1.91. The lowest BCUT2D eigenvalue weighted by molar-refractivity contribution is 0.0165. The van der Waals surface area contributed by atoms with Crippen molar-refractivity contribution in [2.75, 3.05) is 13.2 Å². The summed E-state index contributed by atoms with van der Waals surface area (Å²) in [6.07, 6.45) is 3.73. The molecule has 0 aliphatic carbocycles. The number of aromatic carboxylic acids is 1. The van der Waals surface area contributed by atoms with E-state index in [9.17, 15) is 4.79 Å². The number of nitrogens with one attached hydrogen (secondary N) is 1. The van der Waals surface area contributed by atoms with Crippen LogP contribution in [0.3, 0.4) is 0 Å². The Labute approximate surface area is 99.8 Å². The van der Waals surface area contributed by atoms with Crippen molar-refractivity contribution < 1.29 is 19.1 Å². The van der Waals surface area contributed by atoms with Crippen LogP contribution in [0, 0.1) is 0 Å². The first-order valence-electron chi connectivity index (χ1n) is 5.90. The van der Waals surface area contributed by atoms with E-state index in [0.717, 1.165) is 26.0 Å². The van der Waals surface area contributed by atoms with Crippen LogP contribution < -0.4 is 5.32 Å². The summed E-state index contributed by atoms with van der Waals surface area (Å²) in [5.41, 5.74) is 0. The van der Waals surface area contributed by atoms with Gasteiger partial charge < -0.3 is 19.6 Å². The van der Waals surface area contributed by atoms with Gasteiger partial charge in [0, 0.05) is 13.2 Å². The van der Waals surface area contributed by atoms with Gasteiger partial charge >= 0.3 is 5.97 Å². The zero-order valence-electron chi connectivity index (χ0n) is 9.65. The van der Waals surface area contributed by atoms with E-state index in [0.29, 0.717) is 12.3 Å². The molecule has 2 heterocycles. The molecule has 2 rings (SSSR count). The Morgan fingerprint density at radius 1 is 1.47 bits per heavy atom. The number of hydrogen-bond donors (Lipinski definition) is 2. The van der Waals surface area contributed by atoms with Gasteiger partial charge in [-0.15, -0.1) is 0 Å². The largest absolute Gasteiger partial charge is 0.475 e. The minimum absolute atomic E-state index is 0.0179. The van der Waals surface area contributed by atoms with Gasteiger partial charge in [0.1, 0.15) is 5.76 Å². The minimum atomic E-state index is -1.04. The Hall–Kier alpha value is -1.33. The van der Waals surface area contributed by atoms with Gasteiger partial charge in [-0.1, -0.05) is 0 Å². The molecule has 0 saturated carbocycles. The number of carboxylic acid groups (broad SMARTS) is 1. The molecule has 5 nitrogen and oxygen atoms in total. The highest BCUT2D eigenvalue weighted by Gasteiger charge is 2.13. The molecule has 1 aliphatic heterocycles. The van der Waals surface area contributed by atoms with Crippen molar-refractivity contribution in [2.24, 2.45) is 0 Å². The van der Waals surface area contributed by atoms with Crippen molar-refractivity contribution in [1.29, 1.82) is 0 Å². The molecular weight excluding hydrogens is 222 g/mol. The average molecular weight is 239 g/mol. The molecule has 94 valence electrons. The molecule has 0 bridgehead atoms. The summed E-state index contributed by atoms with van der Waals surface area (Å²) in [6, 6.07) is 3.15. The Balaban J connectivity index is 1.71. The predicted molar refractivity (Wildman–Crippen MR) is 61.0 cm³/mol. The van der Waals surface area contributed by atoms with Crippen LogP contribution in [-0.4, -0.2) is 30.3 Å². The van der Waals surface area contributed by atoms with Crippen LogP contribution in [0.1, 0.15) is 35.6 Å². The first-order chi connectivity index (χ1) is 8.25. The van der Waals surface area contributed by atoms with E-state index < -0.39 is 5.97 Å². The molecule has 1 unspecified atom stereocenters. The topological polar surface area (TPSA) is 71.7 Å². The van der Waals surface area contributed by atoms with Crippen LogP contribution in [0.5, 0.6) is 0 Å². The third-order valence-electron chi connectivity index (χ3n) is 2.82. The summed E-state index contributed by atoms with van der Waals surface area (Å²) in [5, 5.41) is 11.9. The first kappa shape index (κ1) is 12.1. The van der Waals surface area contributed by atoms with Crippen molar-refractivity contribution in [1.82, 2.24) is 5.32 Å². The monoisotopic (exact) mass is 239 g/mol. The normalized spacial score (nSPS) is 20.4. The molecule has 1 fully saturated rings. The van der Waals surface area contributed by atoms with Crippen molar-refractivity contribution in [3.63, 3.8) is 0 Å². The molecule has 1 aromatic heterocycles. The smallest absolute Gasteiger partial charge is 0.371 e. The van der Waals surface area contributed by atoms with E-state index in [1.54, 1.807) is 6.07 Å². The van der Waals surface area contributed by atoms with E-state index in [-0.39, 0.29) is 11.9 Å². The Morgan fingerprint density at radius 3 is 3.00 bits per heavy atom. The summed E-state index contributed by atoms with van der Waals surface area (Å²) in [5.74, 6) is -0.416. The highest BCUT2D eigenvalue weighted by Crippen LogP contribution is 2.12. The third-order valence-corrected chi connectivity index (χ3v) is 2.82. The lowest BCUT2D eigenvalue weighted by Gasteiger charge is -2.22. The predicted octanol–water partition coefficient (Wildman–Crippen LogP) is 1.64. The Kier molecular flexibility index (Phi) is 4.17. The first-order valence-corrected chi connectivity index (χ1v) is 5.90. The molecule has 0 spiro atoms. The fraction of sp³-hybridized carbons (Fsp3) is 0.583. The molecular formula is C12H17NO4. The standard InChI is InChI=1S/C12H17NO4/c14-12(15)11-5-4-10(17-11)8-13-7-9-3-1-2-6-16-9/h4-5,9,13H,1-3,6-8H2,(H,14,15). The lowest BCUT2D eigenvalue weighted by atomic mass is 10.1. The zero-order valence-corrected chi connectivity index (χ0v) is 9.65. The maximum atomic E-state index is 10.6. The second kappa shape index (κ2) is 5.84. The maximum Gasteiger partial charge on any atom is 0.371 e. The molecule has 0 radical (unpaired) electrons. The van der Waals surface area contributed by atoms with Gasteiger partial charge in [-0.3, -0.25) is 0 Å². The number of carboxylic acids is 1. The Bertz CT molecular complexity index is 368. The highest BCUT2D eigenvalue weighted by atomic mass is 16.5. The third kappa shape index (κ3) is 3.57. The minimum Gasteiger partial charge on any atom is -0.475 e. The molecule has 5 heteroatoms. The van der Waals surface area contributed by atoms with Gasteiger partial charge in [0.2, 0.25) is 5.76 Å². The van der Waals surface area contributed by atoms with Gasteiger partial charge in [0.05, 0.1) is 12.6 Å². The lowest BCUT2D eigenvalue weighted by Crippen LogP contribution is -2.31. The van der Waals surface area contributed by atoms with Crippen molar-refractivity contribution in [3.8, 4) is 0 Å². The second-order valence-electron chi connectivity index (χ2n) is 4.19. The van der Waals surface area contributed by atoms with Gasteiger partial charge in [-0.25, -0.2) is 4.79 Å². The van der Waals surface area contributed by atoms with Gasteiger partial charge in [-0.2, -0.15) is 0 Å². The summed E-state index contributed by atoms with van der Waals surface area (Å²) in [6.45, 7) is 2.16. The fourth-order valence-electron chi connectivity index (χ4n) is 1.91. The maximum absolute atomic E-state index is 10.6. The van der Waals surface area contributed by atoms with E-state index >= 15 is 0 Å². The number of hydrogen-bond acceptors (Lipinski definition) is 4. The summed E-state index contributed by atoms with van der Waals surface area (Å²) in [7, 11) is 0. The van der Waals surface area contributed by atoms with Gasteiger partial charge in [-0.05, 0) is 31.4 Å². The van der Waals surface area contributed by atoms with Gasteiger partial charge in [0.25, 0.3) is 0 Å². The molecule has 1 aromatic rings. The SMILES string of the molecule is O=C(O)c1ccc(CNCC2CCCCO2)o1. The van der Waals surface area contributed by atoms with Crippen LogP contribution in [-0.2, 0) is 11.3 Å². The molecule has 0 aromatic carbocycles. The quantitative estimate of drug-likeness (QED) is 0.817. The number of carbonyl (C=O) groups is 1. The summed E-state index contributed by atoms with van der Waals surface area (Å²) >= 11 is 0. The van der Waals surface area contributed by atoms with E-state index in [4.69, 9.17) is 14.3 Å². The zero-order chi connectivity index (χ0) is 12.1. The van der Waals surface area contributed by atoms with Crippen LogP contribution >= 0.6 is 0 Å². The second-order valence-corrected chi connectivity index (χ2v) is 4.19. The summed E-state index contributed by atoms with van der Waals surface area (Å²) in [4.78, 5) is 10.6. The number of ether oxygens (including phenoxy) is 1. The molecule has 1 aliphatic rings. The molecule has 0 amide bonds. The molecule has 2 N–H and O–H groups in total. The van der Waals surface area contributed by atoms with E-state index in [1.165, 1.54) is 12.5 Å². The van der Waals surface area contributed by atoms with E-state index in [2.05, 4.69) is 5.32 Å². The molecule has 1 atom stereocenters. The number of rotatable bonds is 5. The average Bonchev–Trinajstić information content (AvgIpc) is 2.79. The number of furan rings is 1. The highest BCUT2D eigenvalue weighted by molar-refractivity contribution is 5.84. The van der Waals surface area contributed by atoms with Crippen LogP contribution in [0.15, 0.2) is 16.5 Å². The van der Waals surface area contributed by atoms with Crippen LogP contribution in [0.2, 0.25) is 0 Å². The summed E-state index contributed by atoms with van der Waals surface area (Å²) < 4.78 is 10.7. The van der Waals surface area contributed by atoms with Crippen molar-refractivity contribution in [2.45, 2.75) is 31.9 Å². The van der Waals surface area contributed by atoms with Crippen molar-refractivity contribution >= 4 is 5.97 Å². The molecule has 17 heavy (non-hydrogen) atoms.